The Balaban J connectivity index is 3.95. The molecule has 0 amide bonds. The maximum Gasteiger partial charge on any atom is 0.279 e. The Bertz CT molecular complexity index is 198. The molecule has 0 saturated carbocycles. The molecule has 1 atom stereocenters. The van der Waals surface area contributed by atoms with Crippen LogP contribution in [0.1, 0.15) is 6.92 Å². The SMILES string of the molecule is C[C@H](O)CNS(=O)(=O)N(C)C. The lowest BCUT2D eigenvalue weighted by Gasteiger charge is -2.12. The molecule has 0 aromatic rings. The molecule has 0 spiro atoms. The van der Waals surface area contributed by atoms with Crippen LogP contribution in [0.15, 0.2) is 0 Å². The minimum atomic E-state index is -3.37. The smallest absolute Gasteiger partial charge is 0.279 e. The van der Waals surface area contributed by atoms with E-state index in [4.69, 9.17) is 5.11 Å². The van der Waals surface area contributed by atoms with E-state index in [0.29, 0.717) is 0 Å². The average molecular weight is 182 g/mol. The van der Waals surface area contributed by atoms with Crippen LogP contribution in [-0.4, -0.2) is 44.6 Å². The summed E-state index contributed by atoms with van der Waals surface area (Å²) in [5.74, 6) is 0. The van der Waals surface area contributed by atoms with Crippen molar-refractivity contribution in [3.05, 3.63) is 0 Å². The van der Waals surface area contributed by atoms with Crippen molar-refractivity contribution in [1.82, 2.24) is 9.03 Å². The fourth-order valence-electron chi connectivity index (χ4n) is 0.355. The fraction of sp³-hybridized carbons (Fsp3) is 1.00. The number of nitrogens with one attached hydrogen (secondary N) is 1. The number of hydrogen-bond donors (Lipinski definition) is 2. The molecule has 0 unspecified atom stereocenters. The van der Waals surface area contributed by atoms with Gasteiger partial charge in [0.05, 0.1) is 6.10 Å². The van der Waals surface area contributed by atoms with Crippen molar-refractivity contribution in [2.24, 2.45) is 0 Å². The van der Waals surface area contributed by atoms with Gasteiger partial charge in [0, 0.05) is 20.6 Å². The quantitative estimate of drug-likeness (QED) is 0.571. The van der Waals surface area contributed by atoms with Crippen molar-refractivity contribution in [2.75, 3.05) is 20.6 Å². The van der Waals surface area contributed by atoms with Crippen LogP contribution in [0.2, 0.25) is 0 Å². The summed E-state index contributed by atoms with van der Waals surface area (Å²) in [4.78, 5) is 0. The molecule has 0 aliphatic rings. The Morgan fingerprint density at radius 1 is 1.55 bits per heavy atom. The molecule has 0 aromatic carbocycles. The van der Waals surface area contributed by atoms with Gasteiger partial charge in [-0.3, -0.25) is 0 Å². The highest BCUT2D eigenvalue weighted by Crippen LogP contribution is 1.87. The van der Waals surface area contributed by atoms with E-state index in [1.807, 2.05) is 0 Å². The predicted molar refractivity (Wildman–Crippen MR) is 42.3 cm³/mol. The molecule has 0 saturated heterocycles. The van der Waals surface area contributed by atoms with Crippen LogP contribution in [0.3, 0.4) is 0 Å². The van der Waals surface area contributed by atoms with Crippen LogP contribution in [-0.2, 0) is 10.2 Å². The number of rotatable bonds is 4. The highest BCUT2D eigenvalue weighted by Gasteiger charge is 2.12. The second-order valence-corrected chi connectivity index (χ2v) is 4.45. The highest BCUT2D eigenvalue weighted by atomic mass is 32.2. The van der Waals surface area contributed by atoms with Crippen LogP contribution >= 0.6 is 0 Å². The van der Waals surface area contributed by atoms with Crippen molar-refractivity contribution in [3.63, 3.8) is 0 Å². The van der Waals surface area contributed by atoms with Gasteiger partial charge in [0.15, 0.2) is 0 Å². The maximum atomic E-state index is 10.9. The molecule has 0 aliphatic heterocycles. The summed E-state index contributed by atoms with van der Waals surface area (Å²) in [5.41, 5.74) is 0. The summed E-state index contributed by atoms with van der Waals surface area (Å²) < 4.78 is 25.1. The standard InChI is InChI=1S/C5H14N2O3S/c1-5(8)4-6-11(9,10)7(2)3/h5-6,8H,4H2,1-3H3/t5-/m0/s1. The van der Waals surface area contributed by atoms with Gasteiger partial charge in [0.25, 0.3) is 10.2 Å². The predicted octanol–water partition coefficient (Wildman–Crippen LogP) is -1.24. The van der Waals surface area contributed by atoms with Crippen molar-refractivity contribution in [1.29, 1.82) is 0 Å². The summed E-state index contributed by atoms with van der Waals surface area (Å²) in [6, 6.07) is 0. The Morgan fingerprint density at radius 2 is 2.00 bits per heavy atom. The number of aliphatic hydroxyl groups is 1. The molecule has 0 fully saturated rings. The monoisotopic (exact) mass is 182 g/mol. The average Bonchev–Trinajstić information content (AvgIpc) is 1.84. The lowest BCUT2D eigenvalue weighted by atomic mass is 10.4. The number of aliphatic hydroxyl groups excluding tert-OH is 1. The van der Waals surface area contributed by atoms with Gasteiger partial charge in [0.1, 0.15) is 0 Å². The summed E-state index contributed by atoms with van der Waals surface area (Å²) in [6.45, 7) is 1.55. The maximum absolute atomic E-state index is 10.9. The fourth-order valence-corrected chi connectivity index (χ4v) is 1.07. The topological polar surface area (TPSA) is 69.6 Å². The van der Waals surface area contributed by atoms with Gasteiger partial charge in [-0.25, -0.2) is 0 Å². The molecule has 0 heterocycles. The molecule has 5 nitrogen and oxygen atoms in total. The van der Waals surface area contributed by atoms with Gasteiger partial charge in [-0.2, -0.15) is 17.4 Å². The van der Waals surface area contributed by atoms with E-state index in [2.05, 4.69) is 4.72 Å². The van der Waals surface area contributed by atoms with Gasteiger partial charge in [-0.05, 0) is 6.92 Å². The second kappa shape index (κ2) is 4.01. The zero-order chi connectivity index (χ0) is 9.07. The summed E-state index contributed by atoms with van der Waals surface area (Å²) in [7, 11) is -0.528. The third kappa shape index (κ3) is 4.31. The lowest BCUT2D eigenvalue weighted by Crippen LogP contribution is -2.39. The number of hydrogen-bond acceptors (Lipinski definition) is 3. The van der Waals surface area contributed by atoms with Gasteiger partial charge in [-0.15, -0.1) is 0 Å². The van der Waals surface area contributed by atoms with Crippen molar-refractivity contribution in [2.45, 2.75) is 13.0 Å². The molecule has 0 aliphatic carbocycles. The second-order valence-electron chi connectivity index (χ2n) is 2.48. The third-order valence-electron chi connectivity index (χ3n) is 1.04. The van der Waals surface area contributed by atoms with Crippen LogP contribution in [0.5, 0.6) is 0 Å². The van der Waals surface area contributed by atoms with Crippen LogP contribution in [0, 0.1) is 0 Å². The van der Waals surface area contributed by atoms with E-state index < -0.39 is 16.3 Å². The van der Waals surface area contributed by atoms with Gasteiger partial charge in [-0.1, -0.05) is 0 Å². The van der Waals surface area contributed by atoms with Crippen LogP contribution in [0.25, 0.3) is 0 Å². The normalized spacial score (nSPS) is 15.4. The van der Waals surface area contributed by atoms with Gasteiger partial charge >= 0.3 is 0 Å². The summed E-state index contributed by atoms with van der Waals surface area (Å²) in [6.07, 6.45) is -0.662. The minimum Gasteiger partial charge on any atom is -0.392 e. The minimum absolute atomic E-state index is 0.0422. The van der Waals surface area contributed by atoms with E-state index in [9.17, 15) is 8.42 Å². The largest absolute Gasteiger partial charge is 0.392 e. The first-order valence-electron chi connectivity index (χ1n) is 3.21. The Morgan fingerprint density at radius 3 is 2.27 bits per heavy atom. The molecule has 0 rings (SSSR count). The first-order valence-corrected chi connectivity index (χ1v) is 4.65. The highest BCUT2D eigenvalue weighted by molar-refractivity contribution is 7.87. The van der Waals surface area contributed by atoms with Gasteiger partial charge in [0.2, 0.25) is 0 Å². The van der Waals surface area contributed by atoms with Gasteiger partial charge < -0.3 is 5.11 Å². The first kappa shape index (κ1) is 10.8. The van der Waals surface area contributed by atoms with Crippen LogP contribution in [0.4, 0.5) is 0 Å². The Labute approximate surface area is 67.2 Å². The molecule has 0 bridgehead atoms. The molecule has 0 radical (unpaired) electrons. The zero-order valence-electron chi connectivity index (χ0n) is 6.90. The Kier molecular flexibility index (Phi) is 3.95. The Hall–Kier alpha value is -0.170. The van der Waals surface area contributed by atoms with Crippen molar-refractivity contribution < 1.29 is 13.5 Å². The van der Waals surface area contributed by atoms with E-state index in [0.717, 1.165) is 4.31 Å². The van der Waals surface area contributed by atoms with E-state index in [1.54, 1.807) is 0 Å². The molecular weight excluding hydrogens is 168 g/mol. The first-order chi connectivity index (χ1) is 4.86. The molecule has 11 heavy (non-hydrogen) atoms. The van der Waals surface area contributed by atoms with E-state index in [1.165, 1.54) is 21.0 Å². The lowest BCUT2D eigenvalue weighted by molar-refractivity contribution is 0.198. The van der Waals surface area contributed by atoms with E-state index in [-0.39, 0.29) is 6.54 Å². The molecule has 2 N–H and O–H groups in total. The molecule has 68 valence electrons. The molecule has 0 aromatic heterocycles. The van der Waals surface area contributed by atoms with Crippen molar-refractivity contribution >= 4 is 10.2 Å². The van der Waals surface area contributed by atoms with Crippen molar-refractivity contribution in [3.8, 4) is 0 Å². The van der Waals surface area contributed by atoms with E-state index >= 15 is 0 Å². The zero-order valence-corrected chi connectivity index (χ0v) is 7.72. The summed E-state index contributed by atoms with van der Waals surface area (Å²) in [5, 5.41) is 8.75. The van der Waals surface area contributed by atoms with Crippen LogP contribution < -0.4 is 4.72 Å². The molecule has 6 heteroatoms. The summed E-state index contributed by atoms with van der Waals surface area (Å²) >= 11 is 0. The number of nitrogens with zero attached hydrogens (tertiary/aromatic N) is 1. The third-order valence-corrected chi connectivity index (χ3v) is 2.53. The molecular formula is C5H14N2O3S.